The number of urea groups is 1. The Kier molecular flexibility index (Phi) is 6.81. The van der Waals surface area contributed by atoms with E-state index in [2.05, 4.69) is 16.1 Å². The van der Waals surface area contributed by atoms with Gasteiger partial charge >= 0.3 is 6.03 Å². The molecule has 0 aliphatic rings. The van der Waals surface area contributed by atoms with E-state index in [9.17, 15) is 9.59 Å². The molecule has 0 heterocycles. The summed E-state index contributed by atoms with van der Waals surface area (Å²) in [6, 6.07) is 12.9. The molecule has 8 heteroatoms. The largest absolute Gasteiger partial charge is 0.497 e. The number of hydrazine groups is 1. The van der Waals surface area contributed by atoms with Crippen molar-refractivity contribution in [3.8, 4) is 11.5 Å². The zero-order valence-electron chi connectivity index (χ0n) is 14.6. The normalized spacial score (nSPS) is 11.2. The Morgan fingerprint density at radius 3 is 2.42 bits per heavy atom. The van der Waals surface area contributed by atoms with Gasteiger partial charge in [0.1, 0.15) is 17.5 Å². The number of amides is 3. The molecule has 0 aliphatic heterocycles. The van der Waals surface area contributed by atoms with E-state index < -0.39 is 18.0 Å². The van der Waals surface area contributed by atoms with Crippen molar-refractivity contribution in [2.45, 2.75) is 12.5 Å². The quantitative estimate of drug-likeness (QED) is 0.340. The van der Waals surface area contributed by atoms with Crippen LogP contribution < -0.4 is 31.4 Å². The second-order valence-corrected chi connectivity index (χ2v) is 5.42. The number of carbonyl (C=O) groups excluding carboxylic acids is 2. The van der Waals surface area contributed by atoms with Crippen molar-refractivity contribution in [1.29, 1.82) is 0 Å². The molecule has 2 aromatic carbocycles. The van der Waals surface area contributed by atoms with Crippen molar-refractivity contribution in [1.82, 2.24) is 10.7 Å². The fraction of sp³-hybridized carbons (Fsp3) is 0.222. The van der Waals surface area contributed by atoms with Crippen LogP contribution in [-0.2, 0) is 11.2 Å². The smallest absolute Gasteiger partial charge is 0.320 e. The van der Waals surface area contributed by atoms with Gasteiger partial charge in [-0.05, 0) is 17.7 Å². The monoisotopic (exact) mass is 358 g/mol. The number of anilines is 1. The topological polar surface area (TPSA) is 115 Å². The van der Waals surface area contributed by atoms with Gasteiger partial charge in [0.15, 0.2) is 0 Å². The van der Waals surface area contributed by atoms with Gasteiger partial charge in [0.05, 0.1) is 19.9 Å². The molecule has 2 aromatic rings. The average Bonchev–Trinajstić information content (AvgIpc) is 2.67. The third-order valence-electron chi connectivity index (χ3n) is 3.70. The Morgan fingerprint density at radius 1 is 1.08 bits per heavy atom. The summed E-state index contributed by atoms with van der Waals surface area (Å²) in [7, 11) is 3.02. The summed E-state index contributed by atoms with van der Waals surface area (Å²) < 4.78 is 10.4. The Labute approximate surface area is 151 Å². The van der Waals surface area contributed by atoms with Crippen molar-refractivity contribution < 1.29 is 19.1 Å². The lowest BCUT2D eigenvalue weighted by molar-refractivity contribution is -0.122. The lowest BCUT2D eigenvalue weighted by Crippen LogP contribution is -2.51. The lowest BCUT2D eigenvalue weighted by Gasteiger charge is -2.18. The van der Waals surface area contributed by atoms with E-state index in [0.717, 1.165) is 5.56 Å². The highest BCUT2D eigenvalue weighted by molar-refractivity contribution is 5.94. The summed E-state index contributed by atoms with van der Waals surface area (Å²) in [6.45, 7) is 0. The first-order valence-corrected chi connectivity index (χ1v) is 7.91. The van der Waals surface area contributed by atoms with E-state index in [1.165, 1.54) is 14.2 Å². The number of nitrogens with two attached hydrogens (primary N) is 1. The van der Waals surface area contributed by atoms with Gasteiger partial charge in [-0.25, -0.2) is 10.6 Å². The fourth-order valence-electron chi connectivity index (χ4n) is 2.38. The minimum Gasteiger partial charge on any atom is -0.497 e. The van der Waals surface area contributed by atoms with Crippen LogP contribution in [0.1, 0.15) is 5.56 Å². The summed E-state index contributed by atoms with van der Waals surface area (Å²) in [5.74, 6) is 5.76. The molecular weight excluding hydrogens is 336 g/mol. The van der Waals surface area contributed by atoms with E-state index in [4.69, 9.17) is 15.3 Å². The third kappa shape index (κ3) is 5.12. The molecule has 0 radical (unpaired) electrons. The van der Waals surface area contributed by atoms with Gasteiger partial charge in [-0.2, -0.15) is 0 Å². The minimum atomic E-state index is -0.827. The molecule has 3 amide bonds. The zero-order chi connectivity index (χ0) is 18.9. The first kappa shape index (κ1) is 19.1. The van der Waals surface area contributed by atoms with Crippen LogP contribution >= 0.6 is 0 Å². The summed E-state index contributed by atoms with van der Waals surface area (Å²) in [4.78, 5) is 24.3. The molecule has 2 rings (SSSR count). The molecule has 0 bridgehead atoms. The molecule has 0 saturated heterocycles. The van der Waals surface area contributed by atoms with Crippen LogP contribution in [-0.4, -0.2) is 32.2 Å². The van der Waals surface area contributed by atoms with Gasteiger partial charge in [0, 0.05) is 12.5 Å². The Balaban J connectivity index is 2.08. The van der Waals surface area contributed by atoms with Crippen LogP contribution in [0.5, 0.6) is 11.5 Å². The molecule has 8 nitrogen and oxygen atoms in total. The molecule has 138 valence electrons. The van der Waals surface area contributed by atoms with Gasteiger partial charge in [-0.3, -0.25) is 10.2 Å². The molecule has 26 heavy (non-hydrogen) atoms. The zero-order valence-corrected chi connectivity index (χ0v) is 14.6. The van der Waals surface area contributed by atoms with Crippen molar-refractivity contribution in [3.05, 3.63) is 54.1 Å². The highest BCUT2D eigenvalue weighted by Gasteiger charge is 2.21. The van der Waals surface area contributed by atoms with Gasteiger partial charge in [0.2, 0.25) is 0 Å². The molecule has 5 N–H and O–H groups in total. The lowest BCUT2D eigenvalue weighted by atomic mass is 10.1. The molecule has 0 fully saturated rings. The maximum atomic E-state index is 12.3. The van der Waals surface area contributed by atoms with Gasteiger partial charge in [0.25, 0.3) is 5.91 Å². The third-order valence-corrected chi connectivity index (χ3v) is 3.70. The van der Waals surface area contributed by atoms with Crippen molar-refractivity contribution >= 4 is 17.6 Å². The minimum absolute atomic E-state index is 0.303. The summed E-state index contributed by atoms with van der Waals surface area (Å²) in [5.41, 5.74) is 3.40. The maximum absolute atomic E-state index is 12.3. The number of hydrogen-bond acceptors (Lipinski definition) is 5. The molecule has 0 aliphatic carbocycles. The second-order valence-electron chi connectivity index (χ2n) is 5.42. The number of methoxy groups -OCH3 is 2. The van der Waals surface area contributed by atoms with E-state index in [1.54, 1.807) is 18.2 Å². The van der Waals surface area contributed by atoms with Crippen LogP contribution in [0.3, 0.4) is 0 Å². The first-order chi connectivity index (χ1) is 12.6. The van der Waals surface area contributed by atoms with Crippen molar-refractivity contribution in [3.63, 3.8) is 0 Å². The highest BCUT2D eigenvalue weighted by Crippen LogP contribution is 2.28. The van der Waals surface area contributed by atoms with Gasteiger partial charge < -0.3 is 20.1 Å². The first-order valence-electron chi connectivity index (χ1n) is 7.91. The summed E-state index contributed by atoms with van der Waals surface area (Å²) >= 11 is 0. The number of hydrogen-bond donors (Lipinski definition) is 4. The number of carbonyl (C=O) groups is 2. The van der Waals surface area contributed by atoms with E-state index in [0.29, 0.717) is 23.6 Å². The fourth-order valence-corrected chi connectivity index (χ4v) is 2.38. The molecule has 0 aromatic heterocycles. The van der Waals surface area contributed by atoms with Crippen molar-refractivity contribution in [2.75, 3.05) is 19.5 Å². The highest BCUT2D eigenvalue weighted by atomic mass is 16.5. The predicted molar refractivity (Wildman–Crippen MR) is 98.0 cm³/mol. The molecule has 0 spiro atoms. The van der Waals surface area contributed by atoms with E-state index in [-0.39, 0.29) is 0 Å². The Morgan fingerprint density at radius 2 is 1.81 bits per heavy atom. The molecule has 0 saturated carbocycles. The maximum Gasteiger partial charge on any atom is 0.320 e. The van der Waals surface area contributed by atoms with E-state index in [1.807, 2.05) is 30.3 Å². The van der Waals surface area contributed by atoms with E-state index >= 15 is 0 Å². The number of nitrogens with one attached hydrogen (secondary N) is 3. The van der Waals surface area contributed by atoms with Crippen molar-refractivity contribution in [2.24, 2.45) is 5.84 Å². The average molecular weight is 358 g/mol. The van der Waals surface area contributed by atoms with Gasteiger partial charge in [-0.15, -0.1) is 0 Å². The standard InChI is InChI=1S/C18H22N4O4/c1-25-13-8-9-14(16(11-13)26-2)20-18(24)21-15(17(23)22-19)10-12-6-4-3-5-7-12/h3-9,11,15H,10,19H2,1-2H3,(H,22,23)(H2,20,21,24). The Hall–Kier alpha value is -3.26. The Bertz CT molecular complexity index is 752. The van der Waals surface area contributed by atoms with Crippen LogP contribution in [0.25, 0.3) is 0 Å². The summed E-state index contributed by atoms with van der Waals surface area (Å²) in [5, 5.41) is 5.27. The predicted octanol–water partition coefficient (Wildman–Crippen LogP) is 1.43. The molecule has 1 unspecified atom stereocenters. The van der Waals surface area contributed by atoms with Crippen LogP contribution in [0, 0.1) is 0 Å². The van der Waals surface area contributed by atoms with Crippen LogP contribution in [0.4, 0.5) is 10.5 Å². The number of benzene rings is 2. The summed E-state index contributed by atoms with van der Waals surface area (Å²) in [6.07, 6.45) is 0.303. The SMILES string of the molecule is COc1ccc(NC(=O)NC(Cc2ccccc2)C(=O)NN)c(OC)c1. The van der Waals surface area contributed by atoms with Gasteiger partial charge in [-0.1, -0.05) is 30.3 Å². The van der Waals surface area contributed by atoms with Crippen LogP contribution in [0.2, 0.25) is 0 Å². The molecular formula is C18H22N4O4. The number of ether oxygens (including phenoxy) is 2. The molecule has 1 atom stereocenters. The second kappa shape index (κ2) is 9.28. The number of rotatable bonds is 7. The van der Waals surface area contributed by atoms with Crippen LogP contribution in [0.15, 0.2) is 48.5 Å².